The summed E-state index contributed by atoms with van der Waals surface area (Å²) >= 11 is 0. The monoisotopic (exact) mass is 283 g/mol. The summed E-state index contributed by atoms with van der Waals surface area (Å²) in [6, 6.07) is 0. The SMILES string of the molecule is CN=C(NCCC(C)(C)C)NCC1(CCOC)CCC1. The number of nitrogens with zero attached hydrogens (tertiary/aromatic N) is 1. The third-order valence-electron chi connectivity index (χ3n) is 4.27. The van der Waals surface area contributed by atoms with Crippen molar-refractivity contribution in [1.29, 1.82) is 0 Å². The van der Waals surface area contributed by atoms with Gasteiger partial charge in [-0.25, -0.2) is 0 Å². The summed E-state index contributed by atoms with van der Waals surface area (Å²) in [7, 11) is 3.63. The number of hydrogen-bond acceptors (Lipinski definition) is 2. The van der Waals surface area contributed by atoms with E-state index in [1.165, 1.54) is 19.3 Å². The zero-order chi connectivity index (χ0) is 15.1. The van der Waals surface area contributed by atoms with Crippen LogP contribution in [0.15, 0.2) is 4.99 Å². The molecule has 4 heteroatoms. The van der Waals surface area contributed by atoms with Crippen molar-refractivity contribution in [2.45, 2.75) is 52.9 Å². The highest BCUT2D eigenvalue weighted by Gasteiger charge is 2.36. The standard InChI is InChI=1S/C16H33N3O/c1-15(2,3)9-11-18-14(17-4)19-13-16(7-6-8-16)10-12-20-5/h6-13H2,1-5H3,(H2,17,18,19). The maximum Gasteiger partial charge on any atom is 0.190 e. The normalized spacial score (nSPS) is 18.6. The van der Waals surface area contributed by atoms with Crippen LogP contribution in [-0.2, 0) is 4.74 Å². The van der Waals surface area contributed by atoms with Gasteiger partial charge in [-0.05, 0) is 36.5 Å². The molecule has 1 fully saturated rings. The molecule has 118 valence electrons. The van der Waals surface area contributed by atoms with E-state index in [0.29, 0.717) is 10.8 Å². The van der Waals surface area contributed by atoms with E-state index in [1.54, 1.807) is 7.11 Å². The maximum atomic E-state index is 5.24. The average Bonchev–Trinajstić information content (AvgIpc) is 2.33. The van der Waals surface area contributed by atoms with Gasteiger partial charge in [-0.1, -0.05) is 27.2 Å². The average molecular weight is 283 g/mol. The first-order valence-electron chi connectivity index (χ1n) is 7.84. The van der Waals surface area contributed by atoms with E-state index in [4.69, 9.17) is 4.74 Å². The Hall–Kier alpha value is -0.770. The van der Waals surface area contributed by atoms with Crippen LogP contribution in [0.2, 0.25) is 0 Å². The van der Waals surface area contributed by atoms with E-state index >= 15 is 0 Å². The highest BCUT2D eigenvalue weighted by atomic mass is 16.5. The highest BCUT2D eigenvalue weighted by molar-refractivity contribution is 5.79. The molecular formula is C16H33N3O. The molecule has 0 aromatic carbocycles. The van der Waals surface area contributed by atoms with Crippen molar-refractivity contribution in [3.8, 4) is 0 Å². The lowest BCUT2D eigenvalue weighted by molar-refractivity contribution is 0.0732. The van der Waals surface area contributed by atoms with Gasteiger partial charge in [0.25, 0.3) is 0 Å². The zero-order valence-corrected chi connectivity index (χ0v) is 14.0. The Balaban J connectivity index is 2.30. The Morgan fingerprint density at radius 2 is 1.95 bits per heavy atom. The van der Waals surface area contributed by atoms with Crippen LogP contribution in [0.4, 0.5) is 0 Å². The van der Waals surface area contributed by atoms with Gasteiger partial charge >= 0.3 is 0 Å². The topological polar surface area (TPSA) is 45.7 Å². The fourth-order valence-corrected chi connectivity index (χ4v) is 2.56. The van der Waals surface area contributed by atoms with Gasteiger partial charge in [0, 0.05) is 33.9 Å². The second-order valence-electron chi connectivity index (χ2n) is 7.26. The largest absolute Gasteiger partial charge is 0.385 e. The number of guanidine groups is 1. The van der Waals surface area contributed by atoms with Crippen molar-refractivity contribution in [1.82, 2.24) is 10.6 Å². The quantitative estimate of drug-likeness (QED) is 0.558. The van der Waals surface area contributed by atoms with Gasteiger partial charge in [-0.15, -0.1) is 0 Å². The molecule has 20 heavy (non-hydrogen) atoms. The number of ether oxygens (including phenoxy) is 1. The Bertz CT molecular complexity index is 303. The molecule has 4 nitrogen and oxygen atoms in total. The van der Waals surface area contributed by atoms with E-state index in [9.17, 15) is 0 Å². The molecule has 0 atom stereocenters. The van der Waals surface area contributed by atoms with Crippen LogP contribution in [0.25, 0.3) is 0 Å². The summed E-state index contributed by atoms with van der Waals surface area (Å²) < 4.78 is 5.24. The van der Waals surface area contributed by atoms with Gasteiger partial charge < -0.3 is 15.4 Å². The fraction of sp³-hybridized carbons (Fsp3) is 0.938. The zero-order valence-electron chi connectivity index (χ0n) is 14.0. The highest BCUT2D eigenvalue weighted by Crippen LogP contribution is 2.43. The molecule has 0 spiro atoms. The van der Waals surface area contributed by atoms with Gasteiger partial charge in [0.2, 0.25) is 0 Å². The summed E-state index contributed by atoms with van der Waals surface area (Å²) in [5.41, 5.74) is 0.789. The van der Waals surface area contributed by atoms with Gasteiger partial charge in [-0.2, -0.15) is 0 Å². The van der Waals surface area contributed by atoms with Crippen molar-refractivity contribution in [3.63, 3.8) is 0 Å². The maximum absolute atomic E-state index is 5.24. The summed E-state index contributed by atoms with van der Waals surface area (Å²) in [5, 5.41) is 6.90. The number of aliphatic imine (C=N–C) groups is 1. The van der Waals surface area contributed by atoms with Crippen LogP contribution in [0.1, 0.15) is 52.9 Å². The van der Waals surface area contributed by atoms with Crippen LogP contribution in [0.5, 0.6) is 0 Å². The molecule has 0 amide bonds. The predicted octanol–water partition coefficient (Wildman–Crippen LogP) is 2.79. The lowest BCUT2D eigenvalue weighted by Crippen LogP contribution is -2.47. The lowest BCUT2D eigenvalue weighted by atomic mass is 9.67. The van der Waals surface area contributed by atoms with E-state index in [-0.39, 0.29) is 0 Å². The molecule has 0 aromatic rings. The van der Waals surface area contributed by atoms with Crippen molar-refractivity contribution < 1.29 is 4.74 Å². The van der Waals surface area contributed by atoms with Crippen LogP contribution < -0.4 is 10.6 Å². The summed E-state index contributed by atoms with van der Waals surface area (Å²) in [4.78, 5) is 4.31. The molecule has 1 saturated carbocycles. The molecule has 0 bridgehead atoms. The smallest absolute Gasteiger partial charge is 0.190 e. The molecule has 1 aliphatic carbocycles. The molecule has 0 aliphatic heterocycles. The van der Waals surface area contributed by atoms with Gasteiger partial charge in [-0.3, -0.25) is 4.99 Å². The lowest BCUT2D eigenvalue weighted by Gasteiger charge is -2.42. The first kappa shape index (κ1) is 17.3. The predicted molar refractivity (Wildman–Crippen MR) is 86.2 cm³/mol. The van der Waals surface area contributed by atoms with Crippen LogP contribution in [0.3, 0.4) is 0 Å². The minimum absolute atomic E-state index is 0.361. The first-order chi connectivity index (χ1) is 9.41. The van der Waals surface area contributed by atoms with Crippen molar-refractivity contribution >= 4 is 5.96 Å². The van der Waals surface area contributed by atoms with Gasteiger partial charge in [0.15, 0.2) is 5.96 Å². The number of methoxy groups -OCH3 is 1. The van der Waals surface area contributed by atoms with E-state index in [2.05, 4.69) is 36.4 Å². The second kappa shape index (κ2) is 7.87. The van der Waals surface area contributed by atoms with Gasteiger partial charge in [0.05, 0.1) is 0 Å². The summed E-state index contributed by atoms with van der Waals surface area (Å²) in [6.07, 6.45) is 6.25. The third-order valence-corrected chi connectivity index (χ3v) is 4.27. The van der Waals surface area contributed by atoms with Crippen LogP contribution in [-0.4, -0.2) is 39.8 Å². The van der Waals surface area contributed by atoms with E-state index in [1.807, 2.05) is 7.05 Å². The molecule has 0 aromatic heterocycles. The molecule has 2 N–H and O–H groups in total. The molecule has 0 radical (unpaired) electrons. The number of nitrogens with one attached hydrogen (secondary N) is 2. The molecular weight excluding hydrogens is 250 g/mol. The number of rotatable bonds is 7. The Labute approximate surface area is 124 Å². The van der Waals surface area contributed by atoms with Crippen molar-refractivity contribution in [3.05, 3.63) is 0 Å². The Kier molecular flexibility index (Phi) is 6.80. The van der Waals surface area contributed by atoms with Crippen molar-refractivity contribution in [2.75, 3.05) is 33.9 Å². The molecule has 0 unspecified atom stereocenters. The van der Waals surface area contributed by atoms with Crippen LogP contribution in [0, 0.1) is 10.8 Å². The first-order valence-corrected chi connectivity index (χ1v) is 7.84. The molecule has 0 heterocycles. The Morgan fingerprint density at radius 3 is 2.40 bits per heavy atom. The third kappa shape index (κ3) is 6.12. The molecule has 0 saturated heterocycles. The second-order valence-corrected chi connectivity index (χ2v) is 7.26. The fourth-order valence-electron chi connectivity index (χ4n) is 2.56. The Morgan fingerprint density at radius 1 is 1.25 bits per heavy atom. The van der Waals surface area contributed by atoms with Gasteiger partial charge in [0.1, 0.15) is 0 Å². The van der Waals surface area contributed by atoms with Crippen LogP contribution >= 0.6 is 0 Å². The summed E-state index contributed by atoms with van der Waals surface area (Å²) in [5.74, 6) is 0.929. The summed E-state index contributed by atoms with van der Waals surface area (Å²) in [6.45, 7) is 9.62. The molecule has 1 aliphatic rings. The van der Waals surface area contributed by atoms with Crippen molar-refractivity contribution in [2.24, 2.45) is 15.8 Å². The number of hydrogen-bond donors (Lipinski definition) is 2. The van der Waals surface area contributed by atoms with E-state index in [0.717, 1.165) is 38.5 Å². The van der Waals surface area contributed by atoms with E-state index < -0.39 is 0 Å². The minimum atomic E-state index is 0.361. The molecule has 1 rings (SSSR count). The minimum Gasteiger partial charge on any atom is -0.385 e.